The van der Waals surface area contributed by atoms with Crippen LogP contribution in [-0.2, 0) is 10.0 Å². The fourth-order valence-electron chi connectivity index (χ4n) is 2.43. The lowest BCUT2D eigenvalue weighted by Gasteiger charge is -2.27. The monoisotopic (exact) mass is 382 g/mol. The maximum atomic E-state index is 12.9. The minimum atomic E-state index is -3.73. The summed E-state index contributed by atoms with van der Waals surface area (Å²) >= 11 is 11.8. The third-order valence-corrected chi connectivity index (χ3v) is 6.54. The van der Waals surface area contributed by atoms with E-state index < -0.39 is 10.0 Å². The average Bonchev–Trinajstić information content (AvgIpc) is 2.57. The summed E-state index contributed by atoms with van der Waals surface area (Å²) in [7, 11) is -3.73. The summed E-state index contributed by atoms with van der Waals surface area (Å²) < 4.78 is 27.3. The van der Waals surface area contributed by atoms with Crippen LogP contribution in [0.3, 0.4) is 0 Å². The molecule has 0 fully saturated rings. The van der Waals surface area contributed by atoms with Crippen LogP contribution in [0.2, 0.25) is 10.0 Å². The Morgan fingerprint density at radius 3 is 2.25 bits per heavy atom. The van der Waals surface area contributed by atoms with E-state index in [1.54, 1.807) is 38.1 Å². The molecule has 0 aromatic heterocycles. The lowest BCUT2D eigenvalue weighted by Crippen LogP contribution is -2.33. The number of hydrogen-bond donors (Lipinski definition) is 0. The molecule has 0 amide bonds. The van der Waals surface area contributed by atoms with Crippen LogP contribution in [0.5, 0.6) is 0 Å². The van der Waals surface area contributed by atoms with Crippen molar-refractivity contribution in [2.45, 2.75) is 24.8 Å². The van der Waals surface area contributed by atoms with Gasteiger partial charge in [-0.3, -0.25) is 0 Å². The summed E-state index contributed by atoms with van der Waals surface area (Å²) in [5, 5.41) is 9.37. The molecule has 0 radical (unpaired) electrons. The number of nitriles is 1. The standard InChI is InChI=1S/C17H16Cl2N2O2S/c1-3-21(12(2)14-6-4-13(11-20)5-7-14)24(22,23)15-8-9-16(18)17(19)10-15/h4-10,12H,3H2,1-2H3/t12-/m0/s1. The SMILES string of the molecule is CCN([C@@H](C)c1ccc(C#N)cc1)S(=O)(=O)c1ccc(Cl)c(Cl)c1. The van der Waals surface area contributed by atoms with E-state index >= 15 is 0 Å². The molecule has 2 rings (SSSR count). The molecule has 0 aliphatic carbocycles. The van der Waals surface area contributed by atoms with Gasteiger partial charge in [-0.2, -0.15) is 9.57 Å². The minimum absolute atomic E-state index is 0.0965. The summed E-state index contributed by atoms with van der Waals surface area (Å²) in [6.07, 6.45) is 0. The van der Waals surface area contributed by atoms with Crippen LogP contribution in [0.1, 0.15) is 31.0 Å². The highest BCUT2D eigenvalue weighted by molar-refractivity contribution is 7.89. The number of rotatable bonds is 5. The second-order valence-corrected chi connectivity index (χ2v) is 7.90. The van der Waals surface area contributed by atoms with Gasteiger partial charge in [-0.15, -0.1) is 0 Å². The molecule has 0 saturated heterocycles. The predicted molar refractivity (Wildman–Crippen MR) is 95.6 cm³/mol. The molecule has 0 aliphatic rings. The predicted octanol–water partition coefficient (Wildman–Crippen LogP) is 4.64. The Kier molecular flexibility index (Phi) is 5.89. The van der Waals surface area contributed by atoms with Crippen molar-refractivity contribution in [3.63, 3.8) is 0 Å². The highest BCUT2D eigenvalue weighted by atomic mass is 35.5. The highest BCUT2D eigenvalue weighted by Crippen LogP contribution is 2.30. The number of sulfonamides is 1. The lowest BCUT2D eigenvalue weighted by atomic mass is 10.1. The van der Waals surface area contributed by atoms with Gasteiger partial charge in [-0.05, 0) is 42.8 Å². The van der Waals surface area contributed by atoms with Gasteiger partial charge in [-0.1, -0.05) is 42.3 Å². The molecule has 0 spiro atoms. The number of benzene rings is 2. The van der Waals surface area contributed by atoms with Crippen LogP contribution in [-0.4, -0.2) is 19.3 Å². The maximum absolute atomic E-state index is 12.9. The Balaban J connectivity index is 2.41. The molecule has 4 nitrogen and oxygen atoms in total. The summed E-state index contributed by atoms with van der Waals surface area (Å²) in [6, 6.07) is 12.8. The van der Waals surface area contributed by atoms with Crippen molar-refractivity contribution in [1.29, 1.82) is 5.26 Å². The third-order valence-electron chi connectivity index (χ3n) is 3.76. The van der Waals surface area contributed by atoms with Gasteiger partial charge < -0.3 is 0 Å². The Morgan fingerprint density at radius 2 is 1.75 bits per heavy atom. The van der Waals surface area contributed by atoms with E-state index in [1.165, 1.54) is 22.5 Å². The average molecular weight is 383 g/mol. The number of halogens is 2. The van der Waals surface area contributed by atoms with Gasteiger partial charge in [-0.25, -0.2) is 8.42 Å². The van der Waals surface area contributed by atoms with Crippen LogP contribution in [0.15, 0.2) is 47.4 Å². The zero-order valence-electron chi connectivity index (χ0n) is 13.2. The van der Waals surface area contributed by atoms with Crippen molar-refractivity contribution < 1.29 is 8.42 Å². The Labute approximate surface area is 152 Å². The van der Waals surface area contributed by atoms with Gasteiger partial charge in [0.1, 0.15) is 0 Å². The topological polar surface area (TPSA) is 61.2 Å². The van der Waals surface area contributed by atoms with E-state index in [2.05, 4.69) is 0 Å². The molecule has 7 heteroatoms. The van der Waals surface area contributed by atoms with Gasteiger partial charge in [0.25, 0.3) is 0 Å². The largest absolute Gasteiger partial charge is 0.243 e. The van der Waals surface area contributed by atoms with Crippen molar-refractivity contribution in [2.24, 2.45) is 0 Å². The maximum Gasteiger partial charge on any atom is 0.243 e. The lowest BCUT2D eigenvalue weighted by molar-refractivity contribution is 0.357. The second kappa shape index (κ2) is 7.54. The molecule has 2 aromatic rings. The summed E-state index contributed by atoms with van der Waals surface area (Å²) in [5.74, 6) is 0. The number of nitrogens with zero attached hydrogens (tertiary/aromatic N) is 2. The Bertz CT molecular complexity index is 874. The van der Waals surface area contributed by atoms with E-state index in [0.717, 1.165) is 5.56 Å². The molecule has 1 atom stereocenters. The van der Waals surface area contributed by atoms with Gasteiger partial charge in [0, 0.05) is 12.6 Å². The van der Waals surface area contributed by atoms with Crippen molar-refractivity contribution in [2.75, 3.05) is 6.54 Å². The molecule has 24 heavy (non-hydrogen) atoms. The normalized spacial score (nSPS) is 12.8. The van der Waals surface area contributed by atoms with Crippen LogP contribution >= 0.6 is 23.2 Å². The van der Waals surface area contributed by atoms with Crippen LogP contribution in [0.4, 0.5) is 0 Å². The first-order valence-corrected chi connectivity index (χ1v) is 9.47. The molecule has 0 N–H and O–H groups in total. The molecule has 0 unspecified atom stereocenters. The van der Waals surface area contributed by atoms with Crippen LogP contribution in [0, 0.1) is 11.3 Å². The first-order chi connectivity index (χ1) is 11.3. The van der Waals surface area contributed by atoms with E-state index in [0.29, 0.717) is 17.1 Å². The first kappa shape index (κ1) is 18.8. The van der Waals surface area contributed by atoms with Crippen molar-refractivity contribution in [1.82, 2.24) is 4.31 Å². The van der Waals surface area contributed by atoms with E-state index in [-0.39, 0.29) is 16.0 Å². The van der Waals surface area contributed by atoms with Crippen molar-refractivity contribution in [3.05, 3.63) is 63.6 Å². The van der Waals surface area contributed by atoms with Crippen LogP contribution in [0.25, 0.3) is 0 Å². The molecule has 0 bridgehead atoms. The summed E-state index contributed by atoms with van der Waals surface area (Å²) in [6.45, 7) is 3.87. The first-order valence-electron chi connectivity index (χ1n) is 7.28. The molecule has 0 saturated carbocycles. The Hall–Kier alpha value is -1.58. The van der Waals surface area contributed by atoms with E-state index in [4.69, 9.17) is 28.5 Å². The van der Waals surface area contributed by atoms with Gasteiger partial charge in [0.15, 0.2) is 0 Å². The molecule has 2 aromatic carbocycles. The zero-order valence-corrected chi connectivity index (χ0v) is 15.5. The molecule has 126 valence electrons. The fraction of sp³-hybridized carbons (Fsp3) is 0.235. The summed E-state index contributed by atoms with van der Waals surface area (Å²) in [5.41, 5.74) is 1.33. The second-order valence-electron chi connectivity index (χ2n) is 5.19. The Morgan fingerprint density at radius 1 is 1.12 bits per heavy atom. The van der Waals surface area contributed by atoms with Gasteiger partial charge >= 0.3 is 0 Å². The molecule has 0 heterocycles. The molecular formula is C17H16Cl2N2O2S. The van der Waals surface area contributed by atoms with Gasteiger partial charge in [0.05, 0.1) is 26.6 Å². The molecule has 0 aliphatic heterocycles. The fourth-order valence-corrected chi connectivity index (χ4v) is 4.45. The van der Waals surface area contributed by atoms with Crippen LogP contribution < -0.4 is 0 Å². The van der Waals surface area contributed by atoms with E-state index in [1.807, 2.05) is 6.07 Å². The highest BCUT2D eigenvalue weighted by Gasteiger charge is 2.29. The smallest absolute Gasteiger partial charge is 0.207 e. The minimum Gasteiger partial charge on any atom is -0.207 e. The quantitative estimate of drug-likeness (QED) is 0.756. The summed E-state index contributed by atoms with van der Waals surface area (Å²) in [4.78, 5) is 0.0965. The number of hydrogen-bond acceptors (Lipinski definition) is 3. The van der Waals surface area contributed by atoms with Crippen molar-refractivity contribution >= 4 is 33.2 Å². The third kappa shape index (κ3) is 3.73. The zero-order chi connectivity index (χ0) is 17.9. The van der Waals surface area contributed by atoms with E-state index in [9.17, 15) is 8.42 Å². The van der Waals surface area contributed by atoms with Crippen molar-refractivity contribution in [3.8, 4) is 6.07 Å². The molecular weight excluding hydrogens is 367 g/mol. The van der Waals surface area contributed by atoms with Gasteiger partial charge in [0.2, 0.25) is 10.0 Å².